The third-order valence-electron chi connectivity index (χ3n) is 5.29. The van der Waals surface area contributed by atoms with Crippen LogP contribution < -0.4 is 5.32 Å². The lowest BCUT2D eigenvalue weighted by atomic mass is 10.1. The summed E-state index contributed by atoms with van der Waals surface area (Å²) in [6, 6.07) is 13.3. The van der Waals surface area contributed by atoms with Crippen molar-refractivity contribution in [2.75, 3.05) is 44.6 Å². The average Bonchev–Trinajstić information content (AvgIpc) is 3.13. The van der Waals surface area contributed by atoms with Gasteiger partial charge in [0.1, 0.15) is 17.0 Å². The lowest BCUT2D eigenvalue weighted by molar-refractivity contribution is 0.0189. The van der Waals surface area contributed by atoms with Crippen LogP contribution in [0.1, 0.15) is 0 Å². The van der Waals surface area contributed by atoms with Crippen LogP contribution in [0.4, 0.5) is 5.82 Å². The summed E-state index contributed by atoms with van der Waals surface area (Å²) in [6.45, 7) is 6.95. The monoisotopic (exact) mass is 351 g/mol. The molecule has 1 aromatic carbocycles. The van der Waals surface area contributed by atoms with Gasteiger partial charge in [-0.3, -0.25) is 9.80 Å². The number of hydrogen-bond donors (Lipinski definition) is 1. The van der Waals surface area contributed by atoms with Crippen molar-refractivity contribution in [1.29, 1.82) is 0 Å². The lowest BCUT2D eigenvalue weighted by Crippen LogP contribution is -2.62. The first-order valence-electron chi connectivity index (χ1n) is 8.87. The van der Waals surface area contributed by atoms with Crippen LogP contribution in [-0.4, -0.2) is 65.1 Å². The van der Waals surface area contributed by atoms with Crippen LogP contribution in [0, 0.1) is 0 Å². The Morgan fingerprint density at radius 3 is 2.68 bits per heavy atom. The summed E-state index contributed by atoms with van der Waals surface area (Å²) in [5.41, 5.74) is 1.24. The Hall–Kier alpha value is -2.02. The number of fused-ring (bicyclic) bond motifs is 4. The highest BCUT2D eigenvalue weighted by atomic mass is 32.1. The summed E-state index contributed by atoms with van der Waals surface area (Å²) in [5.74, 6) is 0.959. The Labute approximate surface area is 151 Å². The van der Waals surface area contributed by atoms with Crippen LogP contribution in [0.2, 0.25) is 0 Å². The van der Waals surface area contributed by atoms with E-state index in [0.29, 0.717) is 6.04 Å². The third kappa shape index (κ3) is 2.90. The van der Waals surface area contributed by atoms with Crippen molar-refractivity contribution >= 4 is 27.4 Å². The smallest absolute Gasteiger partial charge is 0.138 e. The predicted molar refractivity (Wildman–Crippen MR) is 103 cm³/mol. The van der Waals surface area contributed by atoms with Gasteiger partial charge in [-0.25, -0.2) is 9.97 Å². The number of piperazine rings is 3. The van der Waals surface area contributed by atoms with Gasteiger partial charge in [-0.1, -0.05) is 30.3 Å². The van der Waals surface area contributed by atoms with Gasteiger partial charge in [0.2, 0.25) is 0 Å². The van der Waals surface area contributed by atoms with Crippen molar-refractivity contribution in [3.63, 3.8) is 0 Å². The molecule has 25 heavy (non-hydrogen) atoms. The van der Waals surface area contributed by atoms with E-state index in [2.05, 4.69) is 55.4 Å². The van der Waals surface area contributed by atoms with Gasteiger partial charge in [0.05, 0.1) is 5.39 Å². The number of rotatable bonds is 4. The van der Waals surface area contributed by atoms with Gasteiger partial charge in [-0.15, -0.1) is 11.3 Å². The number of benzene rings is 1. The molecule has 3 aromatic rings. The number of thiophene rings is 1. The van der Waals surface area contributed by atoms with E-state index in [4.69, 9.17) is 0 Å². The van der Waals surface area contributed by atoms with Crippen molar-refractivity contribution in [3.05, 3.63) is 42.7 Å². The van der Waals surface area contributed by atoms with Gasteiger partial charge in [0.15, 0.2) is 0 Å². The average molecular weight is 351 g/mol. The Bertz CT molecular complexity index is 870. The summed E-state index contributed by atoms with van der Waals surface area (Å²) in [6.07, 6.45) is 1.67. The van der Waals surface area contributed by atoms with Crippen molar-refractivity contribution in [2.24, 2.45) is 0 Å². The largest absolute Gasteiger partial charge is 0.368 e. The van der Waals surface area contributed by atoms with Crippen molar-refractivity contribution in [3.8, 4) is 10.4 Å². The Morgan fingerprint density at radius 2 is 1.92 bits per heavy atom. The summed E-state index contributed by atoms with van der Waals surface area (Å²) in [7, 11) is 0. The molecule has 5 nitrogen and oxygen atoms in total. The fourth-order valence-electron chi connectivity index (χ4n) is 3.87. The number of hydrogen-bond acceptors (Lipinski definition) is 6. The topological polar surface area (TPSA) is 44.3 Å². The van der Waals surface area contributed by atoms with Crippen molar-refractivity contribution in [2.45, 2.75) is 6.04 Å². The molecule has 0 spiro atoms. The maximum atomic E-state index is 4.51. The third-order valence-corrected chi connectivity index (χ3v) is 6.38. The fraction of sp³-hybridized carbons (Fsp3) is 0.368. The molecule has 1 unspecified atom stereocenters. The van der Waals surface area contributed by atoms with Crippen molar-refractivity contribution < 1.29 is 0 Å². The molecule has 3 saturated heterocycles. The number of nitrogens with zero attached hydrogens (tertiary/aromatic N) is 4. The minimum atomic E-state index is 0.583. The van der Waals surface area contributed by atoms with Gasteiger partial charge >= 0.3 is 0 Å². The van der Waals surface area contributed by atoms with Gasteiger partial charge in [0, 0.05) is 50.2 Å². The second-order valence-corrected chi connectivity index (χ2v) is 7.82. The quantitative estimate of drug-likeness (QED) is 0.783. The number of aromatic nitrogens is 2. The van der Waals surface area contributed by atoms with Crippen LogP contribution in [0.25, 0.3) is 20.7 Å². The minimum Gasteiger partial charge on any atom is -0.368 e. The van der Waals surface area contributed by atoms with Crippen LogP contribution >= 0.6 is 11.3 Å². The number of anilines is 1. The molecule has 1 N–H and O–H groups in total. The summed E-state index contributed by atoms with van der Waals surface area (Å²) >= 11 is 1.73. The molecule has 6 rings (SSSR count). The molecule has 0 saturated carbocycles. The molecule has 0 aliphatic carbocycles. The molecule has 3 aliphatic heterocycles. The molecule has 3 aliphatic rings. The van der Waals surface area contributed by atoms with Crippen LogP contribution in [-0.2, 0) is 0 Å². The molecular formula is C19H21N5S. The highest BCUT2D eigenvalue weighted by Gasteiger charge is 2.31. The summed E-state index contributed by atoms with van der Waals surface area (Å²) < 4.78 is 0. The lowest BCUT2D eigenvalue weighted by Gasteiger charge is -2.47. The zero-order valence-electron chi connectivity index (χ0n) is 14.1. The first kappa shape index (κ1) is 15.3. The number of nitrogens with one attached hydrogen (secondary N) is 1. The molecule has 6 heteroatoms. The van der Waals surface area contributed by atoms with Crippen LogP contribution in [0.15, 0.2) is 42.7 Å². The highest BCUT2D eigenvalue weighted by molar-refractivity contribution is 7.21. The molecule has 2 aromatic heterocycles. The van der Waals surface area contributed by atoms with Crippen LogP contribution in [0.5, 0.6) is 0 Å². The van der Waals surface area contributed by atoms with E-state index in [1.165, 1.54) is 43.2 Å². The summed E-state index contributed by atoms with van der Waals surface area (Å²) in [4.78, 5) is 16.4. The van der Waals surface area contributed by atoms with E-state index in [1.54, 1.807) is 17.7 Å². The Morgan fingerprint density at radius 1 is 1.08 bits per heavy atom. The second kappa shape index (κ2) is 6.37. The molecule has 0 amide bonds. The minimum absolute atomic E-state index is 0.583. The first-order valence-corrected chi connectivity index (χ1v) is 9.69. The molecule has 3 fully saturated rings. The molecule has 1 atom stereocenters. The molecular weight excluding hydrogens is 330 g/mol. The first-order chi connectivity index (χ1) is 12.4. The fourth-order valence-corrected chi connectivity index (χ4v) is 4.88. The van der Waals surface area contributed by atoms with E-state index >= 15 is 0 Å². The highest BCUT2D eigenvalue weighted by Crippen LogP contribution is 2.34. The van der Waals surface area contributed by atoms with Crippen molar-refractivity contribution in [1.82, 2.24) is 19.8 Å². The van der Waals surface area contributed by atoms with Gasteiger partial charge in [-0.2, -0.15) is 0 Å². The van der Waals surface area contributed by atoms with E-state index in [1.807, 2.05) is 6.07 Å². The standard InChI is InChI=1S/C19H21N5S/c1-2-4-14(5-3-1)17-10-16-18(21-13-22-19(16)25-17)20-11-15-12-23-6-8-24(15)9-7-23/h1-5,10,13,15H,6-9,11-12H2,(H,20,21,22). The SMILES string of the molecule is c1ccc(-c2cc3c(NCC4CN5CCN4CC5)ncnc3s2)cc1. The predicted octanol–water partition coefficient (Wildman–Crippen LogP) is 2.77. The van der Waals surface area contributed by atoms with Gasteiger partial charge < -0.3 is 5.32 Å². The van der Waals surface area contributed by atoms with E-state index in [0.717, 1.165) is 22.6 Å². The second-order valence-electron chi connectivity index (χ2n) is 6.79. The molecule has 5 heterocycles. The van der Waals surface area contributed by atoms with E-state index < -0.39 is 0 Å². The van der Waals surface area contributed by atoms with Gasteiger partial charge in [-0.05, 0) is 11.6 Å². The summed E-state index contributed by atoms with van der Waals surface area (Å²) in [5, 5.41) is 4.72. The Kier molecular flexibility index (Phi) is 3.88. The van der Waals surface area contributed by atoms with E-state index in [9.17, 15) is 0 Å². The van der Waals surface area contributed by atoms with Crippen LogP contribution in [0.3, 0.4) is 0 Å². The molecule has 2 bridgehead atoms. The zero-order valence-corrected chi connectivity index (χ0v) is 14.9. The van der Waals surface area contributed by atoms with Gasteiger partial charge in [0.25, 0.3) is 0 Å². The zero-order chi connectivity index (χ0) is 16.6. The maximum Gasteiger partial charge on any atom is 0.138 e. The molecule has 0 radical (unpaired) electrons. The maximum absolute atomic E-state index is 4.51. The normalized spacial score (nSPS) is 25.4. The molecule has 128 valence electrons. The van der Waals surface area contributed by atoms with E-state index in [-0.39, 0.29) is 0 Å². The Balaban J connectivity index is 1.39.